The average molecular weight is 329 g/mol. The second-order valence-corrected chi connectivity index (χ2v) is 6.83. The molecule has 3 nitrogen and oxygen atoms in total. The van der Waals surface area contributed by atoms with Gasteiger partial charge in [0.15, 0.2) is 0 Å². The van der Waals surface area contributed by atoms with Crippen molar-refractivity contribution in [1.29, 1.82) is 0 Å². The van der Waals surface area contributed by atoms with Gasteiger partial charge in [-0.2, -0.15) is 0 Å². The van der Waals surface area contributed by atoms with E-state index in [9.17, 15) is 4.79 Å². The first kappa shape index (κ1) is 13.7. The van der Waals surface area contributed by atoms with Crippen LogP contribution >= 0.6 is 22.9 Å². The minimum Gasteiger partial charge on any atom is -0.306 e. The third kappa shape index (κ3) is 2.28. The third-order valence-corrected chi connectivity index (χ3v) is 5.45. The molecule has 3 aromatic rings. The topological polar surface area (TPSA) is 45.8 Å². The molecule has 110 valence electrons. The van der Waals surface area contributed by atoms with Gasteiger partial charge in [-0.1, -0.05) is 29.8 Å². The zero-order chi connectivity index (χ0) is 15.1. The molecule has 1 aliphatic carbocycles. The molecule has 4 rings (SSSR count). The number of hydrogen-bond donors (Lipinski definition) is 1. The Morgan fingerprint density at radius 3 is 2.95 bits per heavy atom. The summed E-state index contributed by atoms with van der Waals surface area (Å²) in [5, 5.41) is 1.46. The molecule has 0 radical (unpaired) electrons. The summed E-state index contributed by atoms with van der Waals surface area (Å²) in [5.74, 6) is 0.567. The lowest BCUT2D eigenvalue weighted by Crippen LogP contribution is -2.09. The van der Waals surface area contributed by atoms with Gasteiger partial charge in [-0.25, -0.2) is 4.98 Å². The zero-order valence-electron chi connectivity index (χ0n) is 11.7. The molecule has 0 bridgehead atoms. The molecule has 22 heavy (non-hydrogen) atoms. The van der Waals surface area contributed by atoms with Crippen LogP contribution in [0.3, 0.4) is 0 Å². The molecule has 0 saturated heterocycles. The molecule has 1 N–H and O–H groups in total. The maximum atomic E-state index is 12.3. The molecule has 0 unspecified atom stereocenters. The van der Waals surface area contributed by atoms with E-state index >= 15 is 0 Å². The lowest BCUT2D eigenvalue weighted by molar-refractivity contribution is 0.916. The Balaban J connectivity index is 1.77. The number of nitrogens with one attached hydrogen (secondary N) is 1. The lowest BCUT2D eigenvalue weighted by Gasteiger charge is -1.98. The summed E-state index contributed by atoms with van der Waals surface area (Å²) in [4.78, 5) is 22.0. The van der Waals surface area contributed by atoms with Crippen LogP contribution in [-0.2, 0) is 12.8 Å². The minimum absolute atomic E-state index is 0.0387. The molecule has 0 amide bonds. The molecule has 5 heteroatoms. The smallest absolute Gasteiger partial charge is 0.260 e. The Morgan fingerprint density at radius 2 is 2.09 bits per heavy atom. The summed E-state index contributed by atoms with van der Waals surface area (Å²) < 4.78 is 0. The first-order valence-corrected chi connectivity index (χ1v) is 8.39. The summed E-state index contributed by atoms with van der Waals surface area (Å²) in [6.07, 6.45) is 6.88. The maximum Gasteiger partial charge on any atom is 0.260 e. The number of fused-ring (bicyclic) bond motifs is 3. The molecule has 0 aliphatic heterocycles. The largest absolute Gasteiger partial charge is 0.306 e. The van der Waals surface area contributed by atoms with E-state index in [4.69, 9.17) is 11.6 Å². The predicted octanol–water partition coefficient (Wildman–Crippen LogP) is 4.30. The van der Waals surface area contributed by atoms with Gasteiger partial charge in [0, 0.05) is 9.90 Å². The number of rotatable bonds is 2. The van der Waals surface area contributed by atoms with E-state index in [1.165, 1.54) is 10.4 Å². The van der Waals surface area contributed by atoms with E-state index in [1.807, 2.05) is 30.3 Å². The van der Waals surface area contributed by atoms with Crippen LogP contribution in [0.25, 0.3) is 22.4 Å². The Labute approximate surface area is 136 Å². The van der Waals surface area contributed by atoms with Crippen LogP contribution in [0.4, 0.5) is 0 Å². The highest BCUT2D eigenvalue weighted by Gasteiger charge is 2.20. The normalized spacial score (nSPS) is 14.0. The predicted molar refractivity (Wildman–Crippen MR) is 92.6 cm³/mol. The highest BCUT2D eigenvalue weighted by molar-refractivity contribution is 7.18. The first-order chi connectivity index (χ1) is 10.7. The quantitative estimate of drug-likeness (QED) is 0.762. The van der Waals surface area contributed by atoms with Crippen molar-refractivity contribution in [1.82, 2.24) is 9.97 Å². The second kappa shape index (κ2) is 5.38. The molecule has 0 fully saturated rings. The van der Waals surface area contributed by atoms with E-state index in [2.05, 4.69) is 9.97 Å². The molecular weight excluding hydrogens is 316 g/mol. The van der Waals surface area contributed by atoms with Gasteiger partial charge in [-0.05, 0) is 48.6 Å². The van der Waals surface area contributed by atoms with Gasteiger partial charge in [-0.15, -0.1) is 11.3 Å². The fraction of sp³-hybridized carbons (Fsp3) is 0.176. The number of nitrogens with zero attached hydrogens (tertiary/aromatic N) is 1. The van der Waals surface area contributed by atoms with Crippen LogP contribution in [0.15, 0.2) is 29.1 Å². The van der Waals surface area contributed by atoms with E-state index in [0.717, 1.165) is 35.0 Å². The van der Waals surface area contributed by atoms with Crippen molar-refractivity contribution in [3.63, 3.8) is 0 Å². The highest BCUT2D eigenvalue weighted by Crippen LogP contribution is 2.34. The van der Waals surface area contributed by atoms with Gasteiger partial charge < -0.3 is 4.98 Å². The molecule has 0 atom stereocenters. The van der Waals surface area contributed by atoms with Crippen molar-refractivity contribution in [2.75, 3.05) is 0 Å². The Hall–Kier alpha value is -1.91. The number of hydrogen-bond acceptors (Lipinski definition) is 3. The van der Waals surface area contributed by atoms with Gasteiger partial charge in [0.1, 0.15) is 10.7 Å². The van der Waals surface area contributed by atoms with Gasteiger partial charge >= 0.3 is 0 Å². The van der Waals surface area contributed by atoms with Crippen molar-refractivity contribution in [3.05, 3.63) is 61.5 Å². The fourth-order valence-electron chi connectivity index (χ4n) is 2.88. The minimum atomic E-state index is -0.0387. The van der Waals surface area contributed by atoms with Crippen molar-refractivity contribution in [2.45, 2.75) is 19.3 Å². The van der Waals surface area contributed by atoms with E-state index < -0.39 is 0 Å². The van der Waals surface area contributed by atoms with Crippen LogP contribution in [0, 0.1) is 0 Å². The number of halogens is 1. The van der Waals surface area contributed by atoms with Crippen molar-refractivity contribution >= 4 is 45.3 Å². The fourth-order valence-corrected chi connectivity index (χ4v) is 4.34. The van der Waals surface area contributed by atoms with Crippen molar-refractivity contribution in [3.8, 4) is 0 Å². The standard InChI is InChI=1S/C17H13ClN2OS/c18-12-6-2-1-4-10(12)8-9-14-19-16(21)15-11-5-3-7-13(11)22-17(15)20-14/h1-2,4,6,8-9H,3,5,7H2,(H,19,20,21)/b9-8+. The number of aromatic nitrogens is 2. The molecule has 1 aromatic carbocycles. The summed E-state index contributed by atoms with van der Waals surface area (Å²) in [7, 11) is 0. The molecule has 0 spiro atoms. The van der Waals surface area contributed by atoms with E-state index in [-0.39, 0.29) is 5.56 Å². The summed E-state index contributed by atoms with van der Waals surface area (Å²) in [5.41, 5.74) is 2.07. The summed E-state index contributed by atoms with van der Waals surface area (Å²) in [6.45, 7) is 0. The molecule has 1 aliphatic rings. The van der Waals surface area contributed by atoms with Gasteiger partial charge in [0.05, 0.1) is 5.39 Å². The number of benzene rings is 1. The number of aromatic amines is 1. The lowest BCUT2D eigenvalue weighted by atomic mass is 10.2. The van der Waals surface area contributed by atoms with Gasteiger partial charge in [0.25, 0.3) is 5.56 Å². The van der Waals surface area contributed by atoms with Crippen LogP contribution < -0.4 is 5.56 Å². The second-order valence-electron chi connectivity index (χ2n) is 5.34. The van der Waals surface area contributed by atoms with Gasteiger partial charge in [-0.3, -0.25) is 4.79 Å². The molecule has 2 heterocycles. The number of thiophene rings is 1. The Kier molecular flexibility index (Phi) is 3.36. The Morgan fingerprint density at radius 1 is 1.23 bits per heavy atom. The highest BCUT2D eigenvalue weighted by atomic mass is 35.5. The maximum absolute atomic E-state index is 12.3. The summed E-state index contributed by atoms with van der Waals surface area (Å²) >= 11 is 7.77. The average Bonchev–Trinajstić information content (AvgIpc) is 3.06. The van der Waals surface area contributed by atoms with E-state index in [1.54, 1.807) is 17.4 Å². The Bertz CT molecular complexity index is 955. The van der Waals surface area contributed by atoms with Crippen molar-refractivity contribution < 1.29 is 0 Å². The number of aryl methyl sites for hydroxylation is 2. The summed E-state index contributed by atoms with van der Waals surface area (Å²) in [6, 6.07) is 7.58. The van der Waals surface area contributed by atoms with Crippen molar-refractivity contribution in [2.24, 2.45) is 0 Å². The zero-order valence-corrected chi connectivity index (χ0v) is 13.3. The van der Waals surface area contributed by atoms with Crippen LogP contribution in [0.1, 0.15) is 28.2 Å². The van der Waals surface area contributed by atoms with Crippen LogP contribution in [-0.4, -0.2) is 9.97 Å². The van der Waals surface area contributed by atoms with Crippen LogP contribution in [0.5, 0.6) is 0 Å². The molecular formula is C17H13ClN2OS. The SMILES string of the molecule is O=c1[nH]c(/C=C/c2ccccc2Cl)nc2sc3c(c12)CCC3. The third-order valence-electron chi connectivity index (χ3n) is 3.92. The van der Waals surface area contributed by atoms with E-state index in [0.29, 0.717) is 10.8 Å². The monoisotopic (exact) mass is 328 g/mol. The first-order valence-electron chi connectivity index (χ1n) is 7.19. The number of H-pyrrole nitrogens is 1. The van der Waals surface area contributed by atoms with Gasteiger partial charge in [0.2, 0.25) is 0 Å². The molecule has 2 aromatic heterocycles. The van der Waals surface area contributed by atoms with Crippen LogP contribution in [0.2, 0.25) is 5.02 Å². The molecule has 0 saturated carbocycles.